The van der Waals surface area contributed by atoms with E-state index in [-0.39, 0.29) is 18.4 Å². The largest absolute Gasteiger partial charge is 0.494 e. The minimum Gasteiger partial charge on any atom is -0.494 e. The number of ether oxygens (including phenoxy) is 2. The van der Waals surface area contributed by atoms with E-state index in [9.17, 15) is 9.59 Å². The molecule has 7 nitrogen and oxygen atoms in total. The Bertz CT molecular complexity index is 772. The summed E-state index contributed by atoms with van der Waals surface area (Å²) in [6, 6.07) is 9.08. The summed E-state index contributed by atoms with van der Waals surface area (Å²) in [7, 11) is 0. The van der Waals surface area contributed by atoms with Crippen molar-refractivity contribution in [3.8, 4) is 11.5 Å². The van der Waals surface area contributed by atoms with Crippen LogP contribution >= 0.6 is 11.3 Å². The average Bonchev–Trinajstić information content (AvgIpc) is 3.28. The van der Waals surface area contributed by atoms with Gasteiger partial charge in [0.15, 0.2) is 6.61 Å². The van der Waals surface area contributed by atoms with Gasteiger partial charge in [-0.15, -0.1) is 0 Å². The normalized spacial score (nSPS) is 14.4. The Morgan fingerprint density at radius 3 is 2.34 bits per heavy atom. The second-order valence-corrected chi connectivity index (χ2v) is 7.47. The number of thiophene rings is 1. The second kappa shape index (κ2) is 10.8. The molecule has 1 N–H and O–H groups in total. The van der Waals surface area contributed by atoms with Crippen LogP contribution in [0.4, 0.5) is 0 Å². The first-order valence-corrected chi connectivity index (χ1v) is 10.8. The summed E-state index contributed by atoms with van der Waals surface area (Å²) in [5.41, 5.74) is 0.767. The van der Waals surface area contributed by atoms with Crippen LogP contribution in [0.3, 0.4) is 0 Å². The average molecular weight is 418 g/mol. The molecule has 0 atom stereocenters. The third-order valence-electron chi connectivity index (χ3n) is 4.68. The molecule has 1 aromatic heterocycles. The lowest BCUT2D eigenvalue weighted by atomic mass is 10.2. The molecule has 0 unspecified atom stereocenters. The summed E-state index contributed by atoms with van der Waals surface area (Å²) in [6.07, 6.45) is 0. The number of nitrogens with one attached hydrogen (secondary N) is 1. The van der Waals surface area contributed by atoms with E-state index in [4.69, 9.17) is 9.47 Å². The van der Waals surface area contributed by atoms with Crippen molar-refractivity contribution in [3.05, 3.63) is 46.7 Å². The third-order valence-corrected chi connectivity index (χ3v) is 5.37. The number of hydrogen-bond acceptors (Lipinski definition) is 6. The molecule has 1 aliphatic rings. The Morgan fingerprint density at radius 2 is 1.72 bits per heavy atom. The molecule has 2 amide bonds. The highest BCUT2D eigenvalue weighted by atomic mass is 32.1. The maximum Gasteiger partial charge on any atom is 0.257 e. The van der Waals surface area contributed by atoms with Gasteiger partial charge in [0.2, 0.25) is 0 Å². The molecule has 0 bridgehead atoms. The fourth-order valence-corrected chi connectivity index (χ4v) is 3.73. The number of hydrogen-bond donors (Lipinski definition) is 1. The van der Waals surface area contributed by atoms with E-state index < -0.39 is 0 Å². The molecular formula is C21H27N3O4S. The molecule has 0 aliphatic carbocycles. The molecule has 2 heterocycles. The van der Waals surface area contributed by atoms with E-state index in [1.807, 2.05) is 40.8 Å². The van der Waals surface area contributed by atoms with Gasteiger partial charge in [-0.3, -0.25) is 14.5 Å². The van der Waals surface area contributed by atoms with E-state index in [0.29, 0.717) is 32.0 Å². The molecule has 29 heavy (non-hydrogen) atoms. The minimum absolute atomic E-state index is 0.0170. The van der Waals surface area contributed by atoms with Crippen molar-refractivity contribution >= 4 is 23.2 Å². The van der Waals surface area contributed by atoms with Crippen molar-refractivity contribution in [2.24, 2.45) is 0 Å². The standard InChI is InChI=1S/C21H27N3O4S/c1-2-27-18-3-5-19(6-4-18)28-15-20(25)22-8-9-23-10-12-24(13-11-23)21(26)17-7-14-29-16-17/h3-7,14,16H,2,8-13,15H2,1H3,(H,22,25). The van der Waals surface area contributed by atoms with Gasteiger partial charge < -0.3 is 19.7 Å². The fourth-order valence-electron chi connectivity index (χ4n) is 3.10. The first-order valence-electron chi connectivity index (χ1n) is 9.82. The monoisotopic (exact) mass is 417 g/mol. The molecule has 0 saturated carbocycles. The van der Waals surface area contributed by atoms with E-state index in [1.165, 1.54) is 11.3 Å². The van der Waals surface area contributed by atoms with E-state index in [2.05, 4.69) is 10.2 Å². The van der Waals surface area contributed by atoms with Crippen LogP contribution in [-0.2, 0) is 4.79 Å². The van der Waals surface area contributed by atoms with Crippen molar-refractivity contribution in [2.45, 2.75) is 6.92 Å². The van der Waals surface area contributed by atoms with Gasteiger partial charge in [0, 0.05) is 44.6 Å². The lowest BCUT2D eigenvalue weighted by Crippen LogP contribution is -2.50. The zero-order valence-corrected chi connectivity index (χ0v) is 17.5. The van der Waals surface area contributed by atoms with E-state index >= 15 is 0 Å². The highest BCUT2D eigenvalue weighted by Gasteiger charge is 2.22. The zero-order chi connectivity index (χ0) is 20.5. The summed E-state index contributed by atoms with van der Waals surface area (Å²) in [6.45, 7) is 6.90. The molecule has 0 radical (unpaired) electrons. The summed E-state index contributed by atoms with van der Waals surface area (Å²) < 4.78 is 10.9. The van der Waals surface area contributed by atoms with Crippen LogP contribution in [0.1, 0.15) is 17.3 Å². The fraction of sp³-hybridized carbons (Fsp3) is 0.429. The van der Waals surface area contributed by atoms with Crippen LogP contribution in [0.2, 0.25) is 0 Å². The first kappa shape index (κ1) is 21.1. The molecular weight excluding hydrogens is 390 g/mol. The minimum atomic E-state index is -0.148. The van der Waals surface area contributed by atoms with Crippen LogP contribution in [0.25, 0.3) is 0 Å². The zero-order valence-electron chi connectivity index (χ0n) is 16.6. The van der Waals surface area contributed by atoms with Gasteiger partial charge in [-0.25, -0.2) is 0 Å². The van der Waals surface area contributed by atoms with Crippen molar-refractivity contribution < 1.29 is 19.1 Å². The van der Waals surface area contributed by atoms with Crippen LogP contribution < -0.4 is 14.8 Å². The molecule has 1 aromatic carbocycles. The number of carbonyl (C=O) groups is 2. The van der Waals surface area contributed by atoms with Crippen molar-refractivity contribution in [3.63, 3.8) is 0 Å². The summed E-state index contributed by atoms with van der Waals surface area (Å²) in [4.78, 5) is 28.5. The smallest absolute Gasteiger partial charge is 0.257 e. The molecule has 3 rings (SSSR count). The van der Waals surface area contributed by atoms with E-state index in [1.54, 1.807) is 12.1 Å². The van der Waals surface area contributed by atoms with Crippen molar-refractivity contribution in [1.82, 2.24) is 15.1 Å². The number of carbonyl (C=O) groups excluding carboxylic acids is 2. The molecule has 8 heteroatoms. The van der Waals surface area contributed by atoms with Crippen LogP contribution in [0.5, 0.6) is 11.5 Å². The Morgan fingerprint density at radius 1 is 1.03 bits per heavy atom. The summed E-state index contributed by atoms with van der Waals surface area (Å²) in [5.74, 6) is 1.37. The highest BCUT2D eigenvalue weighted by Crippen LogP contribution is 2.17. The summed E-state index contributed by atoms with van der Waals surface area (Å²) in [5, 5.41) is 6.69. The molecule has 156 valence electrons. The van der Waals surface area contributed by atoms with Crippen molar-refractivity contribution in [2.75, 3.05) is 52.5 Å². The van der Waals surface area contributed by atoms with Gasteiger partial charge in [0.1, 0.15) is 11.5 Å². The van der Waals surface area contributed by atoms with Gasteiger partial charge in [0.25, 0.3) is 11.8 Å². The molecule has 1 fully saturated rings. The maximum atomic E-state index is 12.3. The topological polar surface area (TPSA) is 71.1 Å². The SMILES string of the molecule is CCOc1ccc(OCC(=O)NCCN2CCN(C(=O)c3ccsc3)CC2)cc1. The Labute approximate surface area is 175 Å². The summed E-state index contributed by atoms with van der Waals surface area (Å²) >= 11 is 1.54. The Hall–Kier alpha value is -2.58. The molecule has 2 aromatic rings. The molecule has 0 spiro atoms. The van der Waals surface area contributed by atoms with Gasteiger partial charge in [-0.05, 0) is 42.6 Å². The second-order valence-electron chi connectivity index (χ2n) is 6.69. The van der Waals surface area contributed by atoms with Gasteiger partial charge in [-0.1, -0.05) is 0 Å². The first-order chi connectivity index (χ1) is 14.2. The third kappa shape index (κ3) is 6.47. The van der Waals surface area contributed by atoms with Crippen molar-refractivity contribution in [1.29, 1.82) is 0 Å². The number of amides is 2. The quantitative estimate of drug-likeness (QED) is 0.677. The Kier molecular flexibility index (Phi) is 7.89. The lowest BCUT2D eigenvalue weighted by molar-refractivity contribution is -0.123. The number of piperazine rings is 1. The molecule has 1 aliphatic heterocycles. The lowest BCUT2D eigenvalue weighted by Gasteiger charge is -2.34. The van der Waals surface area contributed by atoms with E-state index in [0.717, 1.165) is 30.9 Å². The van der Waals surface area contributed by atoms with Gasteiger partial charge in [0.05, 0.1) is 12.2 Å². The predicted molar refractivity (Wildman–Crippen MR) is 113 cm³/mol. The van der Waals surface area contributed by atoms with Crippen LogP contribution in [0.15, 0.2) is 41.1 Å². The Balaban J connectivity index is 1.29. The highest BCUT2D eigenvalue weighted by molar-refractivity contribution is 7.08. The number of nitrogens with zero attached hydrogens (tertiary/aromatic N) is 2. The van der Waals surface area contributed by atoms with Gasteiger partial charge in [-0.2, -0.15) is 11.3 Å². The number of rotatable bonds is 9. The van der Waals surface area contributed by atoms with Crippen LogP contribution in [-0.4, -0.2) is 74.1 Å². The molecule has 1 saturated heterocycles. The predicted octanol–water partition coefficient (Wildman–Crippen LogP) is 2.10. The van der Waals surface area contributed by atoms with Gasteiger partial charge >= 0.3 is 0 Å². The van der Waals surface area contributed by atoms with Crippen LogP contribution in [0, 0.1) is 0 Å². The maximum absolute atomic E-state index is 12.3. The number of benzene rings is 1.